The van der Waals surface area contributed by atoms with Crippen LogP contribution >= 0.6 is 0 Å². The molecule has 0 aliphatic heterocycles. The third kappa shape index (κ3) is 21.9. The van der Waals surface area contributed by atoms with Crippen LogP contribution in [0.1, 0.15) is 20.3 Å². The Morgan fingerprint density at radius 3 is 1.38 bits per heavy atom. The van der Waals surface area contributed by atoms with Crippen LogP contribution in [0, 0.1) is 0 Å². The van der Waals surface area contributed by atoms with Gasteiger partial charge in [0.1, 0.15) is 5.78 Å². The number of carbonyl (C=O) groups excluding carboxylic acids is 1. The molecule has 0 heterocycles. The van der Waals surface area contributed by atoms with Gasteiger partial charge in [-0.1, -0.05) is 6.92 Å². The quantitative estimate of drug-likeness (QED) is 0.0890. The van der Waals surface area contributed by atoms with E-state index in [1.807, 2.05) is 26.2 Å². The van der Waals surface area contributed by atoms with E-state index >= 15 is 0 Å². The Labute approximate surface area is 235 Å². The average Bonchev–Trinajstić information content (AvgIpc) is 2.59. The minimum absolute atomic E-state index is 0.0389. The summed E-state index contributed by atoms with van der Waals surface area (Å²) in [5, 5.41) is 0. The number of ether oxygens (including phenoxy) is 2. The molecule has 0 radical (unpaired) electrons. The third-order valence-corrected chi connectivity index (χ3v) is 25.7. The van der Waals surface area contributed by atoms with E-state index in [0.717, 1.165) is 6.42 Å². The van der Waals surface area contributed by atoms with Gasteiger partial charge in [0, 0.05) is 12.7 Å². The summed E-state index contributed by atoms with van der Waals surface area (Å²) in [5.41, 5.74) is 0. The molecule has 8 nitrogen and oxygen atoms in total. The van der Waals surface area contributed by atoms with E-state index in [1.54, 1.807) is 6.92 Å². The second-order valence-corrected chi connectivity index (χ2v) is 35.7. The third-order valence-electron chi connectivity index (χ3n) is 4.11. The van der Waals surface area contributed by atoms with Crippen molar-refractivity contribution in [2.45, 2.75) is 105 Å². The Morgan fingerprint density at radius 1 is 0.595 bits per heavy atom. The van der Waals surface area contributed by atoms with Gasteiger partial charge in [-0.2, -0.15) is 0 Å². The molecule has 0 saturated carbocycles. The zero-order valence-corrected chi connectivity index (χ0v) is 32.4. The Morgan fingerprint density at radius 2 is 1.00 bits per heavy atom. The van der Waals surface area contributed by atoms with Gasteiger partial charge in [-0.15, -0.1) is 13.2 Å². The topological polar surface area (TPSA) is 81.7 Å². The van der Waals surface area contributed by atoms with Crippen molar-refractivity contribution in [1.82, 2.24) is 0 Å². The van der Waals surface area contributed by atoms with Crippen molar-refractivity contribution in [3.05, 3.63) is 13.2 Å². The van der Waals surface area contributed by atoms with E-state index in [4.69, 9.17) is 30.0 Å². The molecular formula is C23H58O8Si6. The van der Waals surface area contributed by atoms with Crippen LogP contribution in [0.5, 0.6) is 0 Å². The first kappa shape index (κ1) is 39.6. The fourth-order valence-corrected chi connectivity index (χ4v) is 32.7. The Balaban J connectivity index is 0. The van der Waals surface area contributed by atoms with E-state index in [0.29, 0.717) is 26.1 Å². The van der Waals surface area contributed by atoms with Crippen molar-refractivity contribution < 1.29 is 34.8 Å². The van der Waals surface area contributed by atoms with Crippen molar-refractivity contribution in [3.63, 3.8) is 0 Å². The lowest BCUT2D eigenvalue weighted by Crippen LogP contribution is -2.63. The van der Waals surface area contributed by atoms with Crippen LogP contribution in [-0.4, -0.2) is 82.7 Å². The number of Topliss-reactive ketones (excluding diaryl/α,β-unsaturated/α-hetero) is 1. The van der Waals surface area contributed by atoms with Crippen molar-refractivity contribution >= 4 is 56.7 Å². The zero-order chi connectivity index (χ0) is 29.8. The van der Waals surface area contributed by atoms with Gasteiger partial charge in [0.2, 0.25) is 0 Å². The van der Waals surface area contributed by atoms with Crippen LogP contribution in [0.25, 0.3) is 0 Å². The molecule has 0 amide bonds. The smallest absolute Gasteiger partial charge is 0.344 e. The molecule has 0 fully saturated rings. The first-order valence-corrected chi connectivity index (χ1v) is 30.7. The summed E-state index contributed by atoms with van der Waals surface area (Å²) in [6.07, 6.45) is 1.28. The summed E-state index contributed by atoms with van der Waals surface area (Å²) in [6.45, 7) is 36.4. The summed E-state index contributed by atoms with van der Waals surface area (Å²) in [4.78, 5) is 12.3. The van der Waals surface area contributed by atoms with Crippen molar-refractivity contribution in [3.8, 4) is 0 Å². The minimum atomic E-state index is -3.01. The van der Waals surface area contributed by atoms with Crippen LogP contribution in [0.2, 0.25) is 84.6 Å². The summed E-state index contributed by atoms with van der Waals surface area (Å²) in [7, 11) is -14.7. The summed E-state index contributed by atoms with van der Waals surface area (Å²) in [5.74, 6) is 0.0389. The maximum absolute atomic E-state index is 12.3. The molecular weight excluding hydrogens is 573 g/mol. The number of rotatable bonds is 19. The number of hydrogen-bond donors (Lipinski definition) is 0. The van der Waals surface area contributed by atoms with Crippen LogP contribution in [-0.2, 0) is 34.8 Å². The highest BCUT2D eigenvalue weighted by atomic mass is 28.5. The molecule has 37 heavy (non-hydrogen) atoms. The van der Waals surface area contributed by atoms with Gasteiger partial charge in [-0.05, 0) is 91.9 Å². The van der Waals surface area contributed by atoms with Crippen molar-refractivity contribution in [2.75, 3.05) is 26.1 Å². The molecule has 222 valence electrons. The first-order chi connectivity index (χ1) is 16.5. The van der Waals surface area contributed by atoms with Gasteiger partial charge in [-0.25, -0.2) is 0 Å². The molecule has 0 saturated heterocycles. The monoisotopic (exact) mass is 630 g/mol. The Kier molecular flexibility index (Phi) is 17.8. The van der Waals surface area contributed by atoms with Gasteiger partial charge in [0.25, 0.3) is 0 Å². The van der Waals surface area contributed by atoms with Crippen molar-refractivity contribution in [1.29, 1.82) is 0 Å². The molecule has 0 rings (SSSR count). The maximum atomic E-state index is 12.3. The predicted octanol–water partition coefficient (Wildman–Crippen LogP) is 6.66. The molecule has 2 unspecified atom stereocenters. The van der Waals surface area contributed by atoms with E-state index in [1.165, 1.54) is 0 Å². The van der Waals surface area contributed by atoms with Gasteiger partial charge in [0.05, 0.1) is 19.4 Å². The lowest BCUT2D eigenvalue weighted by Gasteiger charge is -2.44. The van der Waals surface area contributed by atoms with Crippen LogP contribution in [0.4, 0.5) is 0 Å². The summed E-state index contributed by atoms with van der Waals surface area (Å²) >= 11 is 0. The highest BCUT2D eigenvalue weighted by molar-refractivity contribution is 6.92. The molecule has 0 bridgehead atoms. The number of ketones is 1. The van der Waals surface area contributed by atoms with Gasteiger partial charge < -0.3 is 34.8 Å². The van der Waals surface area contributed by atoms with Gasteiger partial charge in [0.15, 0.2) is 16.6 Å². The maximum Gasteiger partial charge on any atom is 0.344 e. The second-order valence-electron chi connectivity index (χ2n) is 12.3. The summed E-state index contributed by atoms with van der Waals surface area (Å²) < 4.78 is 44.8. The molecule has 2 atom stereocenters. The molecule has 0 aliphatic rings. The fourth-order valence-electron chi connectivity index (χ4n) is 4.26. The summed E-state index contributed by atoms with van der Waals surface area (Å²) in [6, 6.07) is 0.237. The van der Waals surface area contributed by atoms with Crippen LogP contribution in [0.3, 0.4) is 0 Å². The van der Waals surface area contributed by atoms with Gasteiger partial charge in [-0.3, -0.25) is 0 Å². The lowest BCUT2D eigenvalue weighted by atomic mass is 10.5. The number of carbonyl (C=O) groups is 1. The van der Waals surface area contributed by atoms with Gasteiger partial charge >= 0.3 is 34.2 Å². The van der Waals surface area contributed by atoms with E-state index < -0.39 is 50.9 Å². The first-order valence-electron chi connectivity index (χ1n) is 13.2. The Bertz CT molecular complexity index is 669. The highest BCUT2D eigenvalue weighted by Crippen LogP contribution is 2.30. The zero-order valence-electron chi connectivity index (χ0n) is 26.4. The molecule has 0 aromatic rings. The fraction of sp³-hybridized carbons (Fsp3) is 0.870. The SMILES string of the molecule is C=C.CCCOCCOC[Si](C)(O[Si](C)(C)O[Si](C)(C)C)O[Si](C)(CC(C)=O)O[Si](C)(C)O[Si](C)(C)C. The van der Waals surface area contributed by atoms with Crippen LogP contribution < -0.4 is 0 Å². The van der Waals surface area contributed by atoms with E-state index in [9.17, 15) is 4.79 Å². The Hall–Kier alpha value is 0.431. The molecule has 0 aromatic heterocycles. The van der Waals surface area contributed by atoms with Crippen molar-refractivity contribution in [2.24, 2.45) is 0 Å². The number of hydrogen-bond acceptors (Lipinski definition) is 8. The molecule has 14 heteroatoms. The molecule has 0 spiro atoms. The molecule has 0 aliphatic carbocycles. The average molecular weight is 631 g/mol. The standard InChI is InChI=1S/C21H54O8Si6.C2H4/c1-15-16-23-17-18-24-20-35(14,28-33(11,12)26-31(6,7)8)29-34(13,19-21(2)22)27-32(9,10)25-30(3,4)5;1-2/h15-20H2,1-14H3;1-2H2. The van der Waals surface area contributed by atoms with E-state index in [-0.39, 0.29) is 11.8 Å². The van der Waals surface area contributed by atoms with Crippen LogP contribution in [0.15, 0.2) is 13.2 Å². The van der Waals surface area contributed by atoms with E-state index in [2.05, 4.69) is 72.5 Å². The lowest BCUT2D eigenvalue weighted by molar-refractivity contribution is -0.115. The highest BCUT2D eigenvalue weighted by Gasteiger charge is 2.51. The second kappa shape index (κ2) is 16.6. The predicted molar refractivity (Wildman–Crippen MR) is 169 cm³/mol. The molecule has 0 N–H and O–H groups in total. The normalized spacial score (nSPS) is 16.4. The molecule has 0 aromatic carbocycles. The largest absolute Gasteiger partial charge is 0.437 e. The minimum Gasteiger partial charge on any atom is -0.437 e.